The lowest BCUT2D eigenvalue weighted by Gasteiger charge is -2.43. The molecular weight excluding hydrogens is 568 g/mol. The first kappa shape index (κ1) is 25.6. The summed E-state index contributed by atoms with van der Waals surface area (Å²) in [6.07, 6.45) is 18.7. The van der Waals surface area contributed by atoms with Crippen LogP contribution in [0.15, 0.2) is 62.2 Å². The fraction of sp³-hybridized carbons (Fsp3) is 0.619. The molecule has 0 aromatic carbocycles. The largest absolute Gasteiger partial charge is 0.347 e. The van der Waals surface area contributed by atoms with Crippen molar-refractivity contribution >= 4 is 53.8 Å². The van der Waals surface area contributed by atoms with Crippen LogP contribution in [0.5, 0.6) is 0 Å². The summed E-state index contributed by atoms with van der Waals surface area (Å²) in [4.78, 5) is 0. The van der Waals surface area contributed by atoms with E-state index in [1.807, 2.05) is 0 Å². The number of piperidine rings is 1. The zero-order valence-electron chi connectivity index (χ0n) is 19.3. The van der Waals surface area contributed by atoms with Crippen molar-refractivity contribution < 1.29 is 9.47 Å². The first-order valence-corrected chi connectivity index (χ1v) is 19.7. The lowest BCUT2D eigenvalue weighted by molar-refractivity contribution is -0.179. The van der Waals surface area contributed by atoms with Crippen molar-refractivity contribution in [2.24, 2.45) is 25.4 Å². The van der Waals surface area contributed by atoms with E-state index in [0.717, 1.165) is 39.0 Å². The maximum absolute atomic E-state index is 7.41. The summed E-state index contributed by atoms with van der Waals surface area (Å²) in [5.41, 5.74) is 0. The summed E-state index contributed by atoms with van der Waals surface area (Å²) in [5, 5.41) is 0. The number of ether oxygens (including phenoxy) is 2. The van der Waals surface area contributed by atoms with E-state index in [-0.39, 0.29) is 0 Å². The molecule has 0 aromatic rings. The Kier molecular flexibility index (Phi) is 7.17. The van der Waals surface area contributed by atoms with Gasteiger partial charge in [0.2, 0.25) is 14.2 Å². The summed E-state index contributed by atoms with van der Waals surface area (Å²) in [6, 6.07) is 0. The molecule has 3 fully saturated rings. The number of allylic oxidation sites excluding steroid dienone is 4. The molecule has 14 heteroatoms. The molecule has 0 radical (unpaired) electrons. The zero-order valence-corrected chi connectivity index (χ0v) is 24.3. The Bertz CT molecular complexity index is 1080. The van der Waals surface area contributed by atoms with Gasteiger partial charge >= 0.3 is 0 Å². The fourth-order valence-electron chi connectivity index (χ4n) is 5.47. The monoisotopic (exact) mass is 596 g/mol. The van der Waals surface area contributed by atoms with Gasteiger partial charge in [-0.25, -0.2) is 14.0 Å². The van der Waals surface area contributed by atoms with Crippen LogP contribution < -0.4 is 0 Å². The summed E-state index contributed by atoms with van der Waals surface area (Å²) in [7, 11) is -2.62. The first-order chi connectivity index (χ1) is 16.8. The highest BCUT2D eigenvalue weighted by atomic mass is 35.9. The average Bonchev–Trinajstić information content (AvgIpc) is 3.61. The summed E-state index contributed by atoms with van der Waals surface area (Å²) >= 11 is 21.2. The predicted molar refractivity (Wildman–Crippen MR) is 148 cm³/mol. The molecule has 6 aliphatic rings. The van der Waals surface area contributed by atoms with Gasteiger partial charge < -0.3 is 9.47 Å². The molecule has 6 rings (SSSR count). The van der Waals surface area contributed by atoms with E-state index in [0.29, 0.717) is 38.1 Å². The lowest BCUT2D eigenvalue weighted by atomic mass is 10.1. The molecule has 0 N–H and O–H groups in total. The van der Waals surface area contributed by atoms with Crippen LogP contribution in [0.1, 0.15) is 12.8 Å². The number of rotatable bonds is 5. The van der Waals surface area contributed by atoms with Gasteiger partial charge in [0.05, 0.1) is 13.2 Å². The van der Waals surface area contributed by atoms with Crippen LogP contribution in [0.2, 0.25) is 0 Å². The Morgan fingerprint density at radius 3 is 1.77 bits per heavy atom. The van der Waals surface area contributed by atoms with Crippen molar-refractivity contribution in [3.8, 4) is 0 Å². The molecule has 0 bridgehead atoms. The minimum absolute atomic E-state index is 0.315. The Hall–Kier alpha value is 0.320. The second kappa shape index (κ2) is 9.81. The quantitative estimate of drug-likeness (QED) is 0.307. The van der Waals surface area contributed by atoms with Crippen molar-refractivity contribution in [3.63, 3.8) is 0 Å². The third-order valence-electron chi connectivity index (χ3n) is 7.23. The molecule has 0 aromatic heterocycles. The van der Waals surface area contributed by atoms with Gasteiger partial charge in [-0.15, -0.1) is 0 Å². The van der Waals surface area contributed by atoms with Crippen molar-refractivity contribution in [2.45, 2.75) is 18.6 Å². The minimum Gasteiger partial charge on any atom is -0.347 e. The normalized spacial score (nSPS) is 34.3. The van der Waals surface area contributed by atoms with Crippen molar-refractivity contribution in [3.05, 3.63) is 48.6 Å². The summed E-state index contributed by atoms with van der Waals surface area (Å²) < 4.78 is 34.2. The third-order valence-corrected chi connectivity index (χ3v) is 20.4. The SMILES string of the molecule is ClP1(Cl)=NP(Cl)(N2CCC3(CC2)OCCO3)=NP2(=N1)N(CC1C=CC=C1)CCN2CC1C=CC=C1. The maximum atomic E-state index is 7.41. The number of hydrogen-bond donors (Lipinski definition) is 0. The van der Waals surface area contributed by atoms with Crippen LogP contribution in [0.4, 0.5) is 0 Å². The number of halogens is 3. The molecule has 8 nitrogen and oxygen atoms in total. The van der Waals surface area contributed by atoms with Gasteiger partial charge in [-0.1, -0.05) is 48.6 Å². The highest BCUT2D eigenvalue weighted by Crippen LogP contribution is 2.86. The standard InChI is InChI=1S/C21H30Cl3N6O2P3/c22-33(23)25-34(24,28-11-9-21(10-12-28)31-15-16-32-21)27-35(26-33)29(17-19-5-1-2-6-19)13-14-30(35)18-20-7-3-4-8-20/h1-8,19-20H,9-18H2. The van der Waals surface area contributed by atoms with Gasteiger partial charge in [-0.05, 0) is 33.7 Å². The maximum Gasteiger partial charge on any atom is 0.257 e. The highest BCUT2D eigenvalue weighted by Gasteiger charge is 2.50. The molecule has 0 saturated carbocycles. The molecule has 192 valence electrons. The lowest BCUT2D eigenvalue weighted by Crippen LogP contribution is -2.43. The van der Waals surface area contributed by atoms with Gasteiger partial charge in [-0.3, -0.25) is 0 Å². The van der Waals surface area contributed by atoms with Crippen LogP contribution >= 0.6 is 53.8 Å². The van der Waals surface area contributed by atoms with Gasteiger partial charge in [0.25, 0.3) is 5.91 Å². The molecule has 0 amide bonds. The van der Waals surface area contributed by atoms with E-state index in [2.05, 4.69) is 62.6 Å². The second-order valence-electron chi connectivity index (χ2n) is 9.51. The van der Waals surface area contributed by atoms with Crippen molar-refractivity contribution in [1.82, 2.24) is 14.0 Å². The average molecular weight is 598 g/mol. The Morgan fingerprint density at radius 1 is 0.743 bits per heavy atom. The second-order valence-corrected chi connectivity index (χ2v) is 21.0. The number of nitrogens with zero attached hydrogens (tertiary/aromatic N) is 6. The molecule has 1 atom stereocenters. The predicted octanol–water partition coefficient (Wildman–Crippen LogP) is 7.50. The smallest absolute Gasteiger partial charge is 0.257 e. The van der Waals surface area contributed by atoms with Crippen LogP contribution in [0.25, 0.3) is 0 Å². The topological polar surface area (TPSA) is 65.3 Å². The molecule has 4 heterocycles. The summed E-state index contributed by atoms with van der Waals surface area (Å²) in [6.45, 7) is 3.12. The van der Waals surface area contributed by atoms with E-state index >= 15 is 0 Å². The molecule has 2 aliphatic carbocycles. The van der Waals surface area contributed by atoms with Crippen LogP contribution in [0.3, 0.4) is 0 Å². The minimum atomic E-state index is -3.03. The molecule has 35 heavy (non-hydrogen) atoms. The van der Waals surface area contributed by atoms with Gasteiger partial charge in [0.1, 0.15) is 0 Å². The Labute approximate surface area is 221 Å². The Balaban J connectivity index is 1.38. The molecular formula is C21H30Cl3N6O2P3. The van der Waals surface area contributed by atoms with Crippen LogP contribution in [-0.4, -0.2) is 72.3 Å². The van der Waals surface area contributed by atoms with Gasteiger partial charge in [0.15, 0.2) is 5.79 Å². The van der Waals surface area contributed by atoms with E-state index in [1.165, 1.54) is 0 Å². The highest BCUT2D eigenvalue weighted by molar-refractivity contribution is 8.15. The van der Waals surface area contributed by atoms with Gasteiger partial charge in [0, 0.05) is 63.9 Å². The van der Waals surface area contributed by atoms with E-state index in [1.54, 1.807) is 0 Å². The van der Waals surface area contributed by atoms with Crippen molar-refractivity contribution in [1.29, 1.82) is 0 Å². The molecule has 4 aliphatic heterocycles. The number of hydrogen-bond acceptors (Lipinski definition) is 8. The van der Waals surface area contributed by atoms with Crippen LogP contribution in [0, 0.1) is 11.8 Å². The zero-order chi connectivity index (χ0) is 24.2. The molecule has 2 spiro atoms. The first-order valence-electron chi connectivity index (χ1n) is 12.0. The fourth-order valence-corrected chi connectivity index (χ4v) is 21.8. The summed E-state index contributed by atoms with van der Waals surface area (Å²) in [5.74, 6) is -2.90. The molecule has 1 unspecified atom stereocenters. The van der Waals surface area contributed by atoms with E-state index in [4.69, 9.17) is 56.7 Å². The van der Waals surface area contributed by atoms with Gasteiger partial charge in [-0.2, -0.15) is 13.5 Å². The Morgan fingerprint density at radius 2 is 1.26 bits per heavy atom. The van der Waals surface area contributed by atoms with E-state index < -0.39 is 25.9 Å². The third kappa shape index (κ3) is 5.04. The van der Waals surface area contributed by atoms with E-state index in [9.17, 15) is 0 Å². The van der Waals surface area contributed by atoms with Crippen molar-refractivity contribution in [2.75, 3.05) is 52.5 Å². The molecule has 3 saturated heterocycles. The van der Waals surface area contributed by atoms with Crippen LogP contribution in [-0.2, 0) is 9.47 Å².